The van der Waals surface area contributed by atoms with Crippen LogP contribution in [-0.2, 0) is 29.0 Å². The summed E-state index contributed by atoms with van der Waals surface area (Å²) in [5.74, 6) is 1.99. The van der Waals surface area contributed by atoms with E-state index in [0.717, 1.165) is 50.9 Å². The smallest absolute Gasteiger partial charge is 0.341 e. The van der Waals surface area contributed by atoms with Gasteiger partial charge in [0.2, 0.25) is 5.91 Å². The van der Waals surface area contributed by atoms with Gasteiger partial charge >= 0.3 is 5.97 Å². The molecule has 5 nitrogen and oxygen atoms in total. The van der Waals surface area contributed by atoms with Gasteiger partial charge in [0.25, 0.3) is 0 Å². The predicted octanol–water partition coefficient (Wildman–Crippen LogP) is 5.64. The Morgan fingerprint density at radius 1 is 1.09 bits per heavy atom. The number of rotatable bonds is 6. The topological polar surface area (TPSA) is 58.6 Å². The highest BCUT2D eigenvalue weighted by atomic mass is 32.1. The van der Waals surface area contributed by atoms with Crippen molar-refractivity contribution < 1.29 is 14.3 Å². The van der Waals surface area contributed by atoms with Crippen LogP contribution in [0, 0.1) is 23.2 Å². The molecular formula is C28H34N2O3S. The van der Waals surface area contributed by atoms with Gasteiger partial charge < -0.3 is 10.1 Å². The molecule has 1 aromatic carbocycles. The zero-order chi connectivity index (χ0) is 23.3. The molecule has 4 aliphatic carbocycles. The van der Waals surface area contributed by atoms with Gasteiger partial charge in [-0.15, -0.1) is 11.3 Å². The number of thiophene rings is 1. The number of carbonyl (C=O) groups is 2. The second-order valence-electron chi connectivity index (χ2n) is 11.0. The Balaban J connectivity index is 1.26. The van der Waals surface area contributed by atoms with Crippen LogP contribution in [0.1, 0.15) is 71.8 Å². The number of esters is 1. The van der Waals surface area contributed by atoms with Crippen molar-refractivity contribution in [3.63, 3.8) is 0 Å². The highest BCUT2D eigenvalue weighted by molar-refractivity contribution is 7.17. The van der Waals surface area contributed by atoms with E-state index in [1.54, 1.807) is 11.3 Å². The number of nitrogens with one attached hydrogen (secondary N) is 1. The van der Waals surface area contributed by atoms with E-state index in [0.29, 0.717) is 34.9 Å². The van der Waals surface area contributed by atoms with Crippen LogP contribution in [-0.4, -0.2) is 29.9 Å². The van der Waals surface area contributed by atoms with Gasteiger partial charge in [-0.05, 0) is 80.8 Å². The average Bonchev–Trinajstić information content (AvgIpc) is 3.16. The molecule has 2 aromatic rings. The van der Waals surface area contributed by atoms with Crippen LogP contribution in [0.3, 0.4) is 0 Å². The summed E-state index contributed by atoms with van der Waals surface area (Å²) in [6.07, 6.45) is 7.81. The number of fused-ring (bicyclic) bond motifs is 1. The first-order chi connectivity index (χ1) is 16.5. The van der Waals surface area contributed by atoms with Crippen LogP contribution in [0.15, 0.2) is 30.3 Å². The molecule has 0 spiro atoms. The SMILES string of the molecule is CCOC(=O)c1c(NC(=O)C23CC4CC(CC(C4)C2)C3)sc2c1CCN(Cc1ccccc1)C2. The minimum Gasteiger partial charge on any atom is -0.462 e. The zero-order valence-electron chi connectivity index (χ0n) is 20.0. The van der Waals surface area contributed by atoms with Gasteiger partial charge in [0.15, 0.2) is 0 Å². The van der Waals surface area contributed by atoms with Crippen LogP contribution in [0.4, 0.5) is 5.00 Å². The summed E-state index contributed by atoms with van der Waals surface area (Å²) in [4.78, 5) is 30.4. The lowest BCUT2D eigenvalue weighted by Gasteiger charge is -2.55. The van der Waals surface area contributed by atoms with E-state index < -0.39 is 0 Å². The lowest BCUT2D eigenvalue weighted by molar-refractivity contribution is -0.140. The van der Waals surface area contributed by atoms with E-state index in [-0.39, 0.29) is 17.3 Å². The second-order valence-corrected chi connectivity index (χ2v) is 12.1. The molecular weight excluding hydrogens is 444 g/mol. The van der Waals surface area contributed by atoms with Crippen molar-refractivity contribution in [3.05, 3.63) is 51.9 Å². The van der Waals surface area contributed by atoms with Crippen molar-refractivity contribution >= 4 is 28.2 Å². The first kappa shape index (κ1) is 22.3. The maximum Gasteiger partial charge on any atom is 0.341 e. The molecule has 4 fully saturated rings. The fourth-order valence-electron chi connectivity index (χ4n) is 7.56. The Morgan fingerprint density at radius 3 is 2.41 bits per heavy atom. The largest absolute Gasteiger partial charge is 0.462 e. The third-order valence-electron chi connectivity index (χ3n) is 8.61. The van der Waals surface area contributed by atoms with E-state index in [1.165, 1.54) is 29.7 Å². The van der Waals surface area contributed by atoms with Crippen LogP contribution in [0.5, 0.6) is 0 Å². The number of ether oxygens (including phenoxy) is 1. The zero-order valence-corrected chi connectivity index (χ0v) is 20.8. The first-order valence-electron chi connectivity index (χ1n) is 12.9. The summed E-state index contributed by atoms with van der Waals surface area (Å²) in [7, 11) is 0. The Hall–Kier alpha value is -2.18. The van der Waals surface area contributed by atoms with E-state index in [4.69, 9.17) is 4.74 Å². The van der Waals surface area contributed by atoms with E-state index in [1.807, 2.05) is 13.0 Å². The monoisotopic (exact) mass is 478 g/mol. The number of carbonyl (C=O) groups excluding carboxylic acids is 2. The lowest BCUT2D eigenvalue weighted by Crippen LogP contribution is -2.51. The Labute approximate surface area is 205 Å². The summed E-state index contributed by atoms with van der Waals surface area (Å²) in [5, 5.41) is 4.00. The fourth-order valence-corrected chi connectivity index (χ4v) is 8.84. The van der Waals surface area contributed by atoms with Gasteiger partial charge in [-0.2, -0.15) is 0 Å². The van der Waals surface area contributed by atoms with E-state index in [2.05, 4.69) is 34.5 Å². The number of amides is 1. The molecule has 1 aromatic heterocycles. The van der Waals surface area contributed by atoms with Crippen LogP contribution in [0.2, 0.25) is 0 Å². The molecule has 1 N–H and O–H groups in total. The molecule has 5 aliphatic rings. The number of hydrogen-bond acceptors (Lipinski definition) is 5. The molecule has 2 heterocycles. The summed E-state index contributed by atoms with van der Waals surface area (Å²) in [6.45, 7) is 4.77. The maximum absolute atomic E-state index is 13.8. The molecule has 4 bridgehead atoms. The Morgan fingerprint density at radius 2 is 1.76 bits per heavy atom. The van der Waals surface area contributed by atoms with Crippen molar-refractivity contribution in [1.29, 1.82) is 0 Å². The number of benzene rings is 1. The molecule has 4 saturated carbocycles. The van der Waals surface area contributed by atoms with E-state index in [9.17, 15) is 9.59 Å². The van der Waals surface area contributed by atoms with Crippen LogP contribution >= 0.6 is 11.3 Å². The molecule has 34 heavy (non-hydrogen) atoms. The average molecular weight is 479 g/mol. The molecule has 1 aliphatic heterocycles. The Kier molecular flexibility index (Phi) is 5.77. The molecule has 6 heteroatoms. The third kappa shape index (κ3) is 3.99. The van der Waals surface area contributed by atoms with Crippen LogP contribution in [0.25, 0.3) is 0 Å². The van der Waals surface area contributed by atoms with Crippen LogP contribution < -0.4 is 5.32 Å². The van der Waals surface area contributed by atoms with Gasteiger partial charge in [-0.1, -0.05) is 30.3 Å². The molecule has 0 unspecified atom stereocenters. The molecule has 0 atom stereocenters. The molecule has 0 saturated heterocycles. The number of nitrogens with zero attached hydrogens (tertiary/aromatic N) is 1. The fraction of sp³-hybridized carbons (Fsp3) is 0.571. The highest BCUT2D eigenvalue weighted by Crippen LogP contribution is 2.60. The summed E-state index contributed by atoms with van der Waals surface area (Å²) < 4.78 is 5.45. The second kappa shape index (κ2) is 8.80. The Bertz CT molecular complexity index is 1060. The number of anilines is 1. The van der Waals surface area contributed by atoms with Gasteiger partial charge in [-0.25, -0.2) is 4.79 Å². The van der Waals surface area contributed by atoms with Crippen molar-refractivity contribution in [1.82, 2.24) is 4.90 Å². The summed E-state index contributed by atoms with van der Waals surface area (Å²) in [6, 6.07) is 10.5. The van der Waals surface area contributed by atoms with Crippen molar-refractivity contribution in [2.45, 2.75) is 65.0 Å². The quantitative estimate of drug-likeness (QED) is 0.546. The van der Waals surface area contributed by atoms with Crippen molar-refractivity contribution in [2.24, 2.45) is 23.2 Å². The van der Waals surface area contributed by atoms with Crippen molar-refractivity contribution in [2.75, 3.05) is 18.5 Å². The molecule has 180 valence electrons. The van der Waals surface area contributed by atoms with Crippen molar-refractivity contribution in [3.8, 4) is 0 Å². The molecule has 7 rings (SSSR count). The summed E-state index contributed by atoms with van der Waals surface area (Å²) in [5.41, 5.74) is 2.75. The third-order valence-corrected chi connectivity index (χ3v) is 9.74. The standard InChI is InChI=1S/C28H34N2O3S/c1-2-33-26(31)24-22-8-9-30(16-18-6-4-3-5-7-18)17-23(22)34-25(24)29-27(32)28-13-19-10-20(14-28)12-21(11-19)15-28/h3-7,19-21H,2,8-17H2,1H3,(H,29,32). The molecule has 0 radical (unpaired) electrons. The van der Waals surface area contributed by atoms with Gasteiger partial charge in [0.05, 0.1) is 17.6 Å². The van der Waals surface area contributed by atoms with E-state index >= 15 is 0 Å². The van der Waals surface area contributed by atoms with Gasteiger partial charge in [0, 0.05) is 24.5 Å². The molecule has 1 amide bonds. The lowest BCUT2D eigenvalue weighted by atomic mass is 9.49. The number of hydrogen-bond donors (Lipinski definition) is 1. The van der Waals surface area contributed by atoms with Gasteiger partial charge in [0.1, 0.15) is 5.00 Å². The minimum atomic E-state index is -0.294. The highest BCUT2D eigenvalue weighted by Gasteiger charge is 2.54. The predicted molar refractivity (Wildman–Crippen MR) is 134 cm³/mol. The maximum atomic E-state index is 13.8. The summed E-state index contributed by atoms with van der Waals surface area (Å²) >= 11 is 1.59. The normalized spacial score (nSPS) is 29.6. The first-order valence-corrected chi connectivity index (χ1v) is 13.7. The minimum absolute atomic E-state index is 0.150. The van der Waals surface area contributed by atoms with Gasteiger partial charge in [-0.3, -0.25) is 9.69 Å².